The Hall–Kier alpha value is -2.32. The average Bonchev–Trinajstić information content (AvgIpc) is 3.30. The van der Waals surface area contributed by atoms with Gasteiger partial charge in [-0.15, -0.1) is 0 Å². The number of ether oxygens (including phenoxy) is 1. The van der Waals surface area contributed by atoms with Crippen LogP contribution >= 0.6 is 0 Å². The van der Waals surface area contributed by atoms with Gasteiger partial charge in [-0.25, -0.2) is 4.79 Å². The molecule has 1 spiro atoms. The van der Waals surface area contributed by atoms with Crippen molar-refractivity contribution in [1.29, 1.82) is 0 Å². The zero-order chi connectivity index (χ0) is 21.1. The summed E-state index contributed by atoms with van der Waals surface area (Å²) in [5, 5.41) is 13.4. The molecule has 1 atom stereocenters. The third-order valence-corrected chi connectivity index (χ3v) is 6.44. The lowest BCUT2D eigenvalue weighted by molar-refractivity contribution is -0.132. The van der Waals surface area contributed by atoms with Crippen molar-refractivity contribution in [3.05, 3.63) is 24.3 Å². The molecular formula is C22H32N4O4. The van der Waals surface area contributed by atoms with Gasteiger partial charge < -0.3 is 20.1 Å². The molecule has 2 aliphatic heterocycles. The molecule has 164 valence electrons. The van der Waals surface area contributed by atoms with Crippen LogP contribution in [0.3, 0.4) is 0 Å². The number of piperazine rings is 1. The third-order valence-electron chi connectivity index (χ3n) is 6.44. The maximum atomic E-state index is 12.8. The summed E-state index contributed by atoms with van der Waals surface area (Å²) in [4.78, 5) is 30.8. The van der Waals surface area contributed by atoms with Gasteiger partial charge in [0.15, 0.2) is 0 Å². The van der Waals surface area contributed by atoms with E-state index in [1.54, 1.807) is 0 Å². The maximum absolute atomic E-state index is 12.8. The Balaban J connectivity index is 1.28. The van der Waals surface area contributed by atoms with Crippen molar-refractivity contribution in [3.8, 4) is 5.75 Å². The van der Waals surface area contributed by atoms with Crippen molar-refractivity contribution in [2.45, 2.75) is 44.2 Å². The van der Waals surface area contributed by atoms with E-state index >= 15 is 0 Å². The van der Waals surface area contributed by atoms with Crippen LogP contribution in [0.15, 0.2) is 24.3 Å². The fourth-order valence-electron chi connectivity index (χ4n) is 4.89. The Morgan fingerprint density at radius 2 is 1.80 bits per heavy atom. The summed E-state index contributed by atoms with van der Waals surface area (Å²) in [6.07, 6.45) is 2.57. The van der Waals surface area contributed by atoms with Crippen LogP contribution in [0.25, 0.3) is 0 Å². The molecule has 1 aromatic carbocycles. The van der Waals surface area contributed by atoms with Gasteiger partial charge in [0.1, 0.15) is 11.3 Å². The monoisotopic (exact) mass is 416 g/mol. The number of hydrogen-bond acceptors (Lipinski definition) is 6. The first-order valence-electron chi connectivity index (χ1n) is 11.0. The van der Waals surface area contributed by atoms with Gasteiger partial charge in [0.25, 0.3) is 5.91 Å². The highest BCUT2D eigenvalue weighted by atomic mass is 16.5. The number of aliphatic hydroxyl groups is 1. The Morgan fingerprint density at radius 3 is 2.50 bits per heavy atom. The fraction of sp³-hybridized carbons (Fsp3) is 0.636. The predicted molar refractivity (Wildman–Crippen MR) is 114 cm³/mol. The number of aliphatic hydroxyl groups excluding tert-OH is 1. The topological polar surface area (TPSA) is 85.3 Å². The van der Waals surface area contributed by atoms with Crippen molar-refractivity contribution in [3.63, 3.8) is 0 Å². The Bertz CT molecular complexity index is 772. The molecule has 1 aromatic rings. The van der Waals surface area contributed by atoms with Crippen molar-refractivity contribution in [1.82, 2.24) is 15.1 Å². The number of carbonyl (C=O) groups is 2. The third kappa shape index (κ3) is 4.11. The molecule has 3 fully saturated rings. The summed E-state index contributed by atoms with van der Waals surface area (Å²) < 4.78 is 5.75. The van der Waals surface area contributed by atoms with Gasteiger partial charge in [0, 0.05) is 32.7 Å². The zero-order valence-electron chi connectivity index (χ0n) is 17.7. The number of urea groups is 1. The Kier molecular flexibility index (Phi) is 6.15. The van der Waals surface area contributed by atoms with Crippen molar-refractivity contribution in [2.24, 2.45) is 0 Å². The number of carbonyl (C=O) groups excluding carboxylic acids is 2. The van der Waals surface area contributed by atoms with Gasteiger partial charge in [-0.3, -0.25) is 14.6 Å². The van der Waals surface area contributed by atoms with Gasteiger partial charge in [0.2, 0.25) is 0 Å². The molecule has 30 heavy (non-hydrogen) atoms. The summed E-state index contributed by atoms with van der Waals surface area (Å²) in [7, 11) is 0. The number of hydrogen-bond donors (Lipinski definition) is 2. The Morgan fingerprint density at radius 1 is 1.10 bits per heavy atom. The number of anilines is 1. The quantitative estimate of drug-likeness (QED) is 0.654. The molecule has 8 nitrogen and oxygen atoms in total. The predicted octanol–water partition coefficient (Wildman–Crippen LogP) is 1.43. The molecule has 0 bridgehead atoms. The summed E-state index contributed by atoms with van der Waals surface area (Å²) >= 11 is 0. The second-order valence-corrected chi connectivity index (χ2v) is 8.48. The molecule has 2 heterocycles. The minimum absolute atomic E-state index is 0.0554. The first kappa shape index (κ1) is 20.9. The van der Waals surface area contributed by atoms with Gasteiger partial charge in [-0.1, -0.05) is 25.0 Å². The van der Waals surface area contributed by atoms with E-state index in [-0.39, 0.29) is 18.5 Å². The highest BCUT2D eigenvalue weighted by Crippen LogP contribution is 2.35. The number of rotatable bonds is 7. The summed E-state index contributed by atoms with van der Waals surface area (Å²) in [5.74, 6) is 0.731. The number of amides is 3. The molecule has 0 unspecified atom stereocenters. The lowest BCUT2D eigenvalue weighted by atomic mass is 9.98. The molecule has 3 aliphatic rings. The van der Waals surface area contributed by atoms with E-state index in [2.05, 4.69) is 21.2 Å². The zero-order valence-corrected chi connectivity index (χ0v) is 17.7. The van der Waals surface area contributed by atoms with E-state index in [4.69, 9.17) is 4.74 Å². The van der Waals surface area contributed by atoms with E-state index in [0.29, 0.717) is 26.0 Å². The van der Waals surface area contributed by atoms with E-state index in [9.17, 15) is 14.7 Å². The first-order chi connectivity index (χ1) is 14.5. The van der Waals surface area contributed by atoms with Gasteiger partial charge in [-0.2, -0.15) is 0 Å². The summed E-state index contributed by atoms with van der Waals surface area (Å²) in [6, 6.07) is 7.70. The lowest BCUT2D eigenvalue weighted by Crippen LogP contribution is -2.51. The van der Waals surface area contributed by atoms with Crippen molar-refractivity contribution in [2.75, 3.05) is 50.8 Å². The lowest BCUT2D eigenvalue weighted by Gasteiger charge is -2.37. The molecule has 0 radical (unpaired) electrons. The molecule has 1 saturated carbocycles. The number of benzene rings is 1. The van der Waals surface area contributed by atoms with E-state index < -0.39 is 11.6 Å². The number of nitrogens with one attached hydrogen (secondary N) is 1. The number of imide groups is 1. The SMILES string of the molecule is CCOc1ccccc1N1CCN(C[C@H](O)CN2C(=O)NC3(CCCC3)C2=O)CC1. The minimum Gasteiger partial charge on any atom is -0.492 e. The average molecular weight is 417 g/mol. The van der Waals surface area contributed by atoms with E-state index in [0.717, 1.165) is 50.5 Å². The highest BCUT2D eigenvalue weighted by molar-refractivity contribution is 6.07. The molecule has 3 amide bonds. The maximum Gasteiger partial charge on any atom is 0.325 e. The van der Waals surface area contributed by atoms with Crippen LogP contribution < -0.4 is 15.0 Å². The first-order valence-corrected chi connectivity index (χ1v) is 11.0. The van der Waals surface area contributed by atoms with E-state index in [1.165, 1.54) is 4.90 Å². The molecular weight excluding hydrogens is 384 g/mol. The fourth-order valence-corrected chi connectivity index (χ4v) is 4.89. The highest BCUT2D eigenvalue weighted by Gasteiger charge is 2.52. The molecule has 2 N–H and O–H groups in total. The Labute approximate surface area is 177 Å². The number of β-amino-alcohol motifs (C(OH)–C–C–N with tert-alkyl or cyclic N) is 1. The standard InChI is InChI=1S/C22H32N4O4/c1-2-30-19-8-4-3-7-18(19)25-13-11-24(12-14-25)15-17(27)16-26-20(28)22(23-21(26)29)9-5-6-10-22/h3-4,7-8,17,27H,2,5-6,9-16H2,1H3,(H,23,29)/t17-/m0/s1. The summed E-state index contributed by atoms with van der Waals surface area (Å²) in [6.45, 7) is 6.41. The van der Waals surface area contributed by atoms with Crippen LogP contribution in [0, 0.1) is 0 Å². The van der Waals surface area contributed by atoms with Crippen molar-refractivity contribution >= 4 is 17.6 Å². The molecule has 1 aliphatic carbocycles. The van der Waals surface area contributed by atoms with Gasteiger partial charge in [0.05, 0.1) is 24.9 Å². The van der Waals surface area contributed by atoms with Gasteiger partial charge >= 0.3 is 6.03 Å². The van der Waals surface area contributed by atoms with Crippen LogP contribution in [-0.4, -0.2) is 84.4 Å². The van der Waals surface area contributed by atoms with Crippen LogP contribution in [0.2, 0.25) is 0 Å². The second-order valence-electron chi connectivity index (χ2n) is 8.48. The normalized spacial score (nSPS) is 22.6. The van der Waals surface area contributed by atoms with Crippen LogP contribution in [0.5, 0.6) is 5.75 Å². The minimum atomic E-state index is -0.751. The van der Waals surface area contributed by atoms with E-state index in [1.807, 2.05) is 25.1 Å². The second kappa shape index (κ2) is 8.81. The molecule has 0 aromatic heterocycles. The summed E-state index contributed by atoms with van der Waals surface area (Å²) in [5.41, 5.74) is 0.386. The van der Waals surface area contributed by atoms with Crippen LogP contribution in [0.1, 0.15) is 32.6 Å². The smallest absolute Gasteiger partial charge is 0.325 e. The largest absolute Gasteiger partial charge is 0.492 e. The molecule has 4 rings (SSSR count). The number of para-hydroxylation sites is 2. The van der Waals surface area contributed by atoms with Crippen LogP contribution in [-0.2, 0) is 4.79 Å². The van der Waals surface area contributed by atoms with Crippen molar-refractivity contribution < 1.29 is 19.4 Å². The van der Waals surface area contributed by atoms with Crippen LogP contribution in [0.4, 0.5) is 10.5 Å². The van der Waals surface area contributed by atoms with Gasteiger partial charge in [-0.05, 0) is 31.9 Å². The molecule has 2 saturated heterocycles. The molecule has 8 heteroatoms. The number of nitrogens with zero attached hydrogens (tertiary/aromatic N) is 3.